The summed E-state index contributed by atoms with van der Waals surface area (Å²) in [5.41, 5.74) is 0.611. The molecule has 0 radical (unpaired) electrons. The van der Waals surface area contributed by atoms with Crippen molar-refractivity contribution < 1.29 is 19.1 Å². The third kappa shape index (κ3) is 3.38. The van der Waals surface area contributed by atoms with Crippen molar-refractivity contribution in [2.24, 2.45) is 5.10 Å². The molecule has 1 unspecified atom stereocenters. The highest BCUT2D eigenvalue weighted by atomic mass is 35.5. The van der Waals surface area contributed by atoms with Gasteiger partial charge in [0.1, 0.15) is 5.71 Å². The fraction of sp³-hybridized carbons (Fsp3) is 0.471. The maximum atomic E-state index is 12.5. The fourth-order valence-corrected chi connectivity index (χ4v) is 2.84. The molecule has 0 aromatic heterocycles. The number of nitrogens with zero attached hydrogens (tertiary/aromatic N) is 2. The van der Waals surface area contributed by atoms with Crippen molar-refractivity contribution in [3.63, 3.8) is 0 Å². The van der Waals surface area contributed by atoms with Crippen LogP contribution < -0.4 is 5.01 Å². The maximum Gasteiger partial charge on any atom is 0.354 e. The van der Waals surface area contributed by atoms with Gasteiger partial charge in [-0.3, -0.25) is 0 Å². The van der Waals surface area contributed by atoms with Crippen LogP contribution in [0.5, 0.6) is 0 Å². The van der Waals surface area contributed by atoms with Gasteiger partial charge in [-0.25, -0.2) is 14.6 Å². The Kier molecular flexibility index (Phi) is 5.49. The molecule has 1 aromatic carbocycles. The Balaban J connectivity index is 2.47. The number of hydrazone groups is 1. The van der Waals surface area contributed by atoms with Gasteiger partial charge in [0.2, 0.25) is 0 Å². The van der Waals surface area contributed by atoms with E-state index < -0.39 is 17.5 Å². The minimum Gasteiger partial charge on any atom is -0.464 e. The van der Waals surface area contributed by atoms with E-state index in [-0.39, 0.29) is 25.3 Å². The fourth-order valence-electron chi connectivity index (χ4n) is 2.62. The number of rotatable bonds is 5. The molecule has 1 heterocycles. The average Bonchev–Trinajstić information content (AvgIpc) is 2.87. The van der Waals surface area contributed by atoms with Crippen molar-refractivity contribution in [2.45, 2.75) is 39.7 Å². The summed E-state index contributed by atoms with van der Waals surface area (Å²) in [5, 5.41) is 6.47. The summed E-state index contributed by atoms with van der Waals surface area (Å²) in [6.07, 6.45) is 0.118. The van der Waals surface area contributed by atoms with Crippen LogP contribution in [0, 0.1) is 6.92 Å². The van der Waals surface area contributed by atoms with Gasteiger partial charge in [-0.2, -0.15) is 5.10 Å². The van der Waals surface area contributed by atoms with E-state index in [0.29, 0.717) is 10.7 Å². The third-order valence-electron chi connectivity index (χ3n) is 3.81. The third-order valence-corrected chi connectivity index (χ3v) is 4.05. The molecule has 0 amide bonds. The van der Waals surface area contributed by atoms with E-state index in [1.807, 2.05) is 6.92 Å². The summed E-state index contributed by atoms with van der Waals surface area (Å²) in [4.78, 5) is 24.6. The van der Waals surface area contributed by atoms with E-state index in [2.05, 4.69) is 5.10 Å². The molecule has 0 fully saturated rings. The second-order valence-corrected chi connectivity index (χ2v) is 6.12. The van der Waals surface area contributed by atoms with Crippen LogP contribution in [0.25, 0.3) is 0 Å². The normalized spacial score (nSPS) is 19.9. The number of carbonyl (C=O) groups is 2. The van der Waals surface area contributed by atoms with Crippen LogP contribution in [0.3, 0.4) is 0 Å². The van der Waals surface area contributed by atoms with Crippen molar-refractivity contribution in [3.05, 3.63) is 28.8 Å². The molecule has 1 aliphatic rings. The number of aryl methyl sites for hydroxylation is 1. The average molecular weight is 353 g/mol. The second-order valence-electron chi connectivity index (χ2n) is 5.68. The Bertz CT molecular complexity index is 689. The molecule has 0 bridgehead atoms. The molecule has 24 heavy (non-hydrogen) atoms. The first-order valence-corrected chi connectivity index (χ1v) is 8.19. The first-order valence-electron chi connectivity index (χ1n) is 7.81. The second kappa shape index (κ2) is 7.21. The van der Waals surface area contributed by atoms with Gasteiger partial charge in [-0.15, -0.1) is 0 Å². The number of esters is 2. The Morgan fingerprint density at radius 3 is 2.54 bits per heavy atom. The van der Waals surface area contributed by atoms with Gasteiger partial charge < -0.3 is 9.47 Å². The molecule has 0 aliphatic carbocycles. The molecule has 1 aliphatic heterocycles. The van der Waals surface area contributed by atoms with Crippen LogP contribution in [0.4, 0.5) is 5.69 Å². The summed E-state index contributed by atoms with van der Waals surface area (Å²) < 4.78 is 10.2. The van der Waals surface area contributed by atoms with E-state index in [9.17, 15) is 9.59 Å². The predicted octanol–water partition coefficient (Wildman–Crippen LogP) is 3.10. The van der Waals surface area contributed by atoms with Crippen LogP contribution in [0.2, 0.25) is 5.02 Å². The van der Waals surface area contributed by atoms with Crippen molar-refractivity contribution in [3.8, 4) is 0 Å². The highest BCUT2D eigenvalue weighted by molar-refractivity contribution is 6.38. The Hall–Kier alpha value is -2.08. The van der Waals surface area contributed by atoms with Gasteiger partial charge in [0.25, 0.3) is 0 Å². The van der Waals surface area contributed by atoms with E-state index >= 15 is 0 Å². The number of hydrogen-bond donors (Lipinski definition) is 0. The van der Waals surface area contributed by atoms with Crippen molar-refractivity contribution in [1.82, 2.24) is 0 Å². The Morgan fingerprint density at radius 2 is 1.96 bits per heavy atom. The smallest absolute Gasteiger partial charge is 0.354 e. The lowest BCUT2D eigenvalue weighted by Crippen LogP contribution is -2.49. The molecular weight excluding hydrogens is 332 g/mol. The summed E-state index contributed by atoms with van der Waals surface area (Å²) >= 11 is 6.01. The Morgan fingerprint density at radius 1 is 1.29 bits per heavy atom. The predicted molar refractivity (Wildman–Crippen MR) is 92.4 cm³/mol. The lowest BCUT2D eigenvalue weighted by atomic mass is 9.94. The molecule has 2 rings (SSSR count). The molecule has 130 valence electrons. The zero-order valence-electron chi connectivity index (χ0n) is 14.3. The summed E-state index contributed by atoms with van der Waals surface area (Å²) in [5.74, 6) is -0.968. The monoisotopic (exact) mass is 352 g/mol. The number of hydrogen-bond acceptors (Lipinski definition) is 6. The SMILES string of the molecule is CCOC(=O)C1=NN(c2ccc(Cl)cc2C)C(C)(C(=O)OCC)C1. The zero-order chi connectivity index (χ0) is 17.9. The molecule has 7 heteroatoms. The van der Waals surface area contributed by atoms with E-state index in [4.69, 9.17) is 21.1 Å². The van der Waals surface area contributed by atoms with Crippen molar-refractivity contribution in [2.75, 3.05) is 18.2 Å². The van der Waals surface area contributed by atoms with Gasteiger partial charge in [0, 0.05) is 11.4 Å². The lowest BCUT2D eigenvalue weighted by molar-refractivity contribution is -0.148. The maximum absolute atomic E-state index is 12.5. The molecule has 0 N–H and O–H groups in total. The molecule has 0 saturated carbocycles. The summed E-state index contributed by atoms with van der Waals surface area (Å²) in [6.45, 7) is 7.52. The van der Waals surface area contributed by atoms with Crippen LogP contribution >= 0.6 is 11.6 Å². The van der Waals surface area contributed by atoms with Gasteiger partial charge in [-0.1, -0.05) is 11.6 Å². The van der Waals surface area contributed by atoms with Gasteiger partial charge in [0.05, 0.1) is 18.9 Å². The van der Waals surface area contributed by atoms with Crippen molar-refractivity contribution >= 4 is 34.9 Å². The summed E-state index contributed by atoms with van der Waals surface area (Å²) in [6, 6.07) is 5.26. The molecule has 0 saturated heterocycles. The zero-order valence-corrected chi connectivity index (χ0v) is 15.0. The standard InChI is InChI=1S/C17H21ClN2O4/c1-5-23-15(21)13-10-17(4,16(22)24-6-2)20(19-13)14-8-7-12(18)9-11(14)3/h7-9H,5-6,10H2,1-4H3. The highest BCUT2D eigenvalue weighted by Gasteiger charge is 2.49. The number of ether oxygens (including phenoxy) is 2. The van der Waals surface area contributed by atoms with Crippen LogP contribution in [0.1, 0.15) is 32.8 Å². The van der Waals surface area contributed by atoms with E-state index in [1.54, 1.807) is 39.0 Å². The molecule has 1 atom stereocenters. The topological polar surface area (TPSA) is 68.2 Å². The van der Waals surface area contributed by atoms with E-state index in [0.717, 1.165) is 5.56 Å². The molecule has 1 aromatic rings. The van der Waals surface area contributed by atoms with Crippen molar-refractivity contribution in [1.29, 1.82) is 0 Å². The minimum atomic E-state index is -1.11. The number of halogens is 1. The van der Waals surface area contributed by atoms with Gasteiger partial charge >= 0.3 is 11.9 Å². The first-order chi connectivity index (χ1) is 11.3. The van der Waals surface area contributed by atoms with Crippen LogP contribution in [-0.2, 0) is 19.1 Å². The van der Waals surface area contributed by atoms with E-state index in [1.165, 1.54) is 5.01 Å². The lowest BCUT2D eigenvalue weighted by Gasteiger charge is -2.32. The molecule has 0 spiro atoms. The van der Waals surface area contributed by atoms with Gasteiger partial charge in [0.15, 0.2) is 5.54 Å². The first kappa shape index (κ1) is 18.3. The highest BCUT2D eigenvalue weighted by Crippen LogP contribution is 2.37. The van der Waals surface area contributed by atoms with Gasteiger partial charge in [-0.05, 0) is 51.5 Å². The minimum absolute atomic E-state index is 0.118. The number of carbonyl (C=O) groups excluding carboxylic acids is 2. The quantitative estimate of drug-likeness (QED) is 0.762. The number of benzene rings is 1. The molecular formula is C17H21ClN2O4. The largest absolute Gasteiger partial charge is 0.464 e. The van der Waals surface area contributed by atoms with Crippen LogP contribution in [-0.4, -0.2) is 36.4 Å². The Labute approximate surface area is 146 Å². The molecule has 6 nitrogen and oxygen atoms in total. The van der Waals surface area contributed by atoms with Crippen LogP contribution in [0.15, 0.2) is 23.3 Å². The summed E-state index contributed by atoms with van der Waals surface area (Å²) in [7, 11) is 0. The number of anilines is 1.